The number of aryl methyl sites for hydroxylation is 1. The van der Waals surface area contributed by atoms with E-state index in [4.69, 9.17) is 4.74 Å². The summed E-state index contributed by atoms with van der Waals surface area (Å²) in [5, 5.41) is 0. The van der Waals surface area contributed by atoms with Crippen LogP contribution in [0.3, 0.4) is 0 Å². The maximum absolute atomic E-state index is 12.3. The van der Waals surface area contributed by atoms with Crippen LogP contribution in [0.1, 0.15) is 18.2 Å². The Morgan fingerprint density at radius 3 is 2.48 bits per heavy atom. The highest BCUT2D eigenvalue weighted by atomic mass is 16.5. The van der Waals surface area contributed by atoms with Gasteiger partial charge in [0, 0.05) is 38.9 Å². The summed E-state index contributed by atoms with van der Waals surface area (Å²) >= 11 is 0. The van der Waals surface area contributed by atoms with Crippen molar-refractivity contribution in [3.8, 4) is 5.75 Å². The van der Waals surface area contributed by atoms with Gasteiger partial charge in [0.05, 0.1) is 5.69 Å². The summed E-state index contributed by atoms with van der Waals surface area (Å²) < 4.78 is 5.63. The minimum absolute atomic E-state index is 0.0528. The Bertz CT molecular complexity index is 665. The largest absolute Gasteiger partial charge is 0.484 e. The Hall–Kier alpha value is -2.40. The predicted molar refractivity (Wildman–Crippen MR) is 97.4 cm³/mol. The van der Waals surface area contributed by atoms with E-state index >= 15 is 0 Å². The summed E-state index contributed by atoms with van der Waals surface area (Å²) in [6.07, 6.45) is 2.82. The fourth-order valence-corrected chi connectivity index (χ4v) is 2.93. The third-order valence-corrected chi connectivity index (χ3v) is 4.53. The highest BCUT2D eigenvalue weighted by Crippen LogP contribution is 2.13. The first-order chi connectivity index (χ1) is 12.2. The number of rotatable bonds is 6. The van der Waals surface area contributed by atoms with E-state index in [1.165, 1.54) is 5.56 Å². The molecule has 1 amide bonds. The van der Waals surface area contributed by atoms with Gasteiger partial charge in [-0.2, -0.15) is 0 Å². The number of pyridine rings is 1. The molecular weight excluding hydrogens is 314 g/mol. The van der Waals surface area contributed by atoms with E-state index in [2.05, 4.69) is 16.8 Å². The van der Waals surface area contributed by atoms with E-state index in [1.807, 2.05) is 53.6 Å². The minimum atomic E-state index is 0.0528. The molecule has 25 heavy (non-hydrogen) atoms. The van der Waals surface area contributed by atoms with Crippen molar-refractivity contribution in [2.75, 3.05) is 32.8 Å². The molecule has 3 rings (SSSR count). The number of hydrogen-bond acceptors (Lipinski definition) is 4. The lowest BCUT2D eigenvalue weighted by Gasteiger charge is -2.34. The van der Waals surface area contributed by atoms with Gasteiger partial charge in [-0.3, -0.25) is 14.7 Å². The number of nitrogens with zero attached hydrogens (tertiary/aromatic N) is 3. The molecule has 1 aliphatic heterocycles. The summed E-state index contributed by atoms with van der Waals surface area (Å²) in [6, 6.07) is 13.9. The van der Waals surface area contributed by atoms with Crippen LogP contribution in [-0.4, -0.2) is 53.5 Å². The van der Waals surface area contributed by atoms with Crippen molar-refractivity contribution in [1.82, 2.24) is 14.8 Å². The van der Waals surface area contributed by atoms with Gasteiger partial charge in [0.1, 0.15) is 5.75 Å². The lowest BCUT2D eigenvalue weighted by Crippen LogP contribution is -2.49. The van der Waals surface area contributed by atoms with Crippen molar-refractivity contribution in [2.24, 2.45) is 0 Å². The molecule has 1 aromatic heterocycles. The number of carbonyl (C=O) groups excluding carboxylic acids is 1. The Morgan fingerprint density at radius 1 is 1.08 bits per heavy atom. The van der Waals surface area contributed by atoms with Gasteiger partial charge in [0.25, 0.3) is 5.91 Å². The second-order valence-corrected chi connectivity index (χ2v) is 6.26. The van der Waals surface area contributed by atoms with Gasteiger partial charge in [-0.1, -0.05) is 25.1 Å². The number of piperazine rings is 1. The van der Waals surface area contributed by atoms with Crippen molar-refractivity contribution >= 4 is 5.91 Å². The van der Waals surface area contributed by atoms with Crippen molar-refractivity contribution in [2.45, 2.75) is 19.9 Å². The molecule has 0 spiro atoms. The Labute approximate surface area is 149 Å². The number of aromatic nitrogens is 1. The van der Waals surface area contributed by atoms with Crippen molar-refractivity contribution < 1.29 is 9.53 Å². The molecule has 132 valence electrons. The molecule has 0 radical (unpaired) electrons. The van der Waals surface area contributed by atoms with Crippen LogP contribution in [0.25, 0.3) is 0 Å². The molecule has 0 saturated carbocycles. The van der Waals surface area contributed by atoms with Crippen LogP contribution >= 0.6 is 0 Å². The Balaban J connectivity index is 1.41. The van der Waals surface area contributed by atoms with Gasteiger partial charge >= 0.3 is 0 Å². The molecule has 0 unspecified atom stereocenters. The minimum Gasteiger partial charge on any atom is -0.484 e. The number of carbonyl (C=O) groups is 1. The lowest BCUT2D eigenvalue weighted by molar-refractivity contribution is -0.135. The van der Waals surface area contributed by atoms with Crippen molar-refractivity contribution in [3.05, 3.63) is 59.9 Å². The Kier molecular flexibility index (Phi) is 6.01. The van der Waals surface area contributed by atoms with Crippen LogP contribution in [0.4, 0.5) is 0 Å². The van der Waals surface area contributed by atoms with E-state index in [0.29, 0.717) is 0 Å². The first-order valence-corrected chi connectivity index (χ1v) is 8.86. The maximum atomic E-state index is 12.3. The topological polar surface area (TPSA) is 45.7 Å². The molecule has 2 aromatic rings. The van der Waals surface area contributed by atoms with Gasteiger partial charge in [0.15, 0.2) is 6.61 Å². The summed E-state index contributed by atoms with van der Waals surface area (Å²) in [6.45, 7) is 6.27. The van der Waals surface area contributed by atoms with Crippen molar-refractivity contribution in [1.29, 1.82) is 0 Å². The third-order valence-electron chi connectivity index (χ3n) is 4.53. The fourth-order valence-electron chi connectivity index (χ4n) is 2.93. The van der Waals surface area contributed by atoms with E-state index in [0.717, 1.165) is 50.6 Å². The molecule has 0 bridgehead atoms. The zero-order valence-corrected chi connectivity index (χ0v) is 14.7. The number of hydrogen-bond donors (Lipinski definition) is 0. The summed E-state index contributed by atoms with van der Waals surface area (Å²) in [7, 11) is 0. The SMILES string of the molecule is CCc1ccc(OCC(=O)N2CCN(Cc3ccccn3)CC2)cc1. The third kappa shape index (κ3) is 5.03. The van der Waals surface area contributed by atoms with Crippen LogP contribution < -0.4 is 4.74 Å². The standard InChI is InChI=1S/C20H25N3O2/c1-2-17-6-8-19(9-7-17)25-16-20(24)23-13-11-22(12-14-23)15-18-5-3-4-10-21-18/h3-10H,2,11-16H2,1H3. The van der Waals surface area contributed by atoms with Gasteiger partial charge < -0.3 is 9.64 Å². The summed E-state index contributed by atoms with van der Waals surface area (Å²) in [4.78, 5) is 20.9. The average molecular weight is 339 g/mol. The maximum Gasteiger partial charge on any atom is 0.260 e. The molecule has 0 N–H and O–H groups in total. The normalized spacial score (nSPS) is 15.2. The van der Waals surface area contributed by atoms with E-state index in [9.17, 15) is 4.79 Å². The molecule has 5 heteroatoms. The molecule has 2 heterocycles. The molecular formula is C20H25N3O2. The smallest absolute Gasteiger partial charge is 0.260 e. The van der Waals surface area contributed by atoms with E-state index in [1.54, 1.807) is 0 Å². The molecule has 1 fully saturated rings. The second kappa shape index (κ2) is 8.62. The van der Waals surface area contributed by atoms with Crippen LogP contribution in [0, 0.1) is 0 Å². The van der Waals surface area contributed by atoms with Gasteiger partial charge in [0.2, 0.25) is 0 Å². The van der Waals surface area contributed by atoms with Crippen LogP contribution in [-0.2, 0) is 17.8 Å². The fraction of sp³-hybridized carbons (Fsp3) is 0.400. The van der Waals surface area contributed by atoms with Crippen molar-refractivity contribution in [3.63, 3.8) is 0 Å². The van der Waals surface area contributed by atoms with Crippen LogP contribution in [0.2, 0.25) is 0 Å². The number of ether oxygens (including phenoxy) is 1. The number of benzene rings is 1. The highest BCUT2D eigenvalue weighted by molar-refractivity contribution is 5.77. The zero-order valence-electron chi connectivity index (χ0n) is 14.7. The monoisotopic (exact) mass is 339 g/mol. The summed E-state index contributed by atoms with van der Waals surface area (Å²) in [5.41, 5.74) is 2.34. The summed E-state index contributed by atoms with van der Waals surface area (Å²) in [5.74, 6) is 0.802. The number of amides is 1. The molecule has 1 aromatic carbocycles. The van der Waals surface area contributed by atoms with E-state index < -0.39 is 0 Å². The first-order valence-electron chi connectivity index (χ1n) is 8.86. The first kappa shape index (κ1) is 17.4. The Morgan fingerprint density at radius 2 is 1.84 bits per heavy atom. The molecule has 0 atom stereocenters. The molecule has 1 saturated heterocycles. The second-order valence-electron chi connectivity index (χ2n) is 6.26. The highest BCUT2D eigenvalue weighted by Gasteiger charge is 2.21. The predicted octanol–water partition coefficient (Wildman–Crippen LogP) is 2.37. The quantitative estimate of drug-likeness (QED) is 0.811. The molecule has 1 aliphatic rings. The zero-order chi connectivity index (χ0) is 17.5. The average Bonchev–Trinajstić information content (AvgIpc) is 2.68. The van der Waals surface area contributed by atoms with Crippen LogP contribution in [0.15, 0.2) is 48.7 Å². The molecule has 5 nitrogen and oxygen atoms in total. The van der Waals surface area contributed by atoms with Gasteiger partial charge in [-0.15, -0.1) is 0 Å². The lowest BCUT2D eigenvalue weighted by atomic mass is 10.2. The van der Waals surface area contributed by atoms with Gasteiger partial charge in [-0.05, 0) is 36.2 Å². The van der Waals surface area contributed by atoms with Crippen LogP contribution in [0.5, 0.6) is 5.75 Å². The van der Waals surface area contributed by atoms with Gasteiger partial charge in [-0.25, -0.2) is 0 Å². The van der Waals surface area contributed by atoms with E-state index in [-0.39, 0.29) is 12.5 Å². The molecule has 0 aliphatic carbocycles.